The van der Waals surface area contributed by atoms with Gasteiger partial charge in [-0.1, -0.05) is 41.1 Å². The van der Waals surface area contributed by atoms with E-state index in [4.69, 9.17) is 16.1 Å². The first kappa shape index (κ1) is 22.0. The van der Waals surface area contributed by atoms with Gasteiger partial charge in [-0.2, -0.15) is 9.78 Å². The Bertz CT molecular complexity index is 1240. The minimum absolute atomic E-state index is 0.146. The maximum atomic E-state index is 13.4. The average molecular weight is 590 g/mol. The fraction of sp³-hybridized carbons (Fsp3) is 0.292. The number of hydrogen-bond donors (Lipinski definition) is 0. The topological polar surface area (TPSA) is 56.5 Å². The van der Waals surface area contributed by atoms with Gasteiger partial charge < -0.3 is 4.74 Å². The van der Waals surface area contributed by atoms with Crippen LogP contribution in [-0.4, -0.2) is 22.5 Å². The van der Waals surface area contributed by atoms with E-state index in [1.165, 1.54) is 11.1 Å². The summed E-state index contributed by atoms with van der Waals surface area (Å²) in [5.41, 5.74) is 1.44. The molecule has 1 heterocycles. The number of terminal acetylenes is 1. The van der Waals surface area contributed by atoms with Gasteiger partial charge in [0, 0.05) is 10.4 Å². The van der Waals surface area contributed by atoms with Crippen LogP contribution in [0.1, 0.15) is 49.4 Å². The van der Waals surface area contributed by atoms with E-state index in [-0.39, 0.29) is 18.1 Å². The Hall–Kier alpha value is -2.18. The zero-order valence-corrected chi connectivity index (χ0v) is 20.6. The van der Waals surface area contributed by atoms with E-state index in [9.17, 15) is 4.79 Å². The van der Waals surface area contributed by atoms with Crippen molar-refractivity contribution in [2.45, 2.75) is 38.0 Å². The maximum absolute atomic E-state index is 13.4. The van der Waals surface area contributed by atoms with Crippen molar-refractivity contribution < 1.29 is 4.74 Å². The Kier molecular flexibility index (Phi) is 7.08. The van der Waals surface area contributed by atoms with Crippen LogP contribution in [0.5, 0.6) is 5.75 Å². The van der Waals surface area contributed by atoms with Gasteiger partial charge in [0.1, 0.15) is 18.2 Å². The highest BCUT2D eigenvalue weighted by Gasteiger charge is 2.22. The minimum Gasteiger partial charge on any atom is -0.480 e. The Morgan fingerprint density at radius 1 is 1.26 bits per heavy atom. The first-order valence-electron chi connectivity index (χ1n) is 10.2. The molecule has 0 spiro atoms. The molecule has 4 rings (SSSR count). The molecule has 158 valence electrons. The SMILES string of the molecule is C#CCOc1ccc(C=Nn2c(C3CCCCC3)nc3ccc(Br)cc3c2=O)cc1I. The molecule has 0 saturated heterocycles. The normalized spacial score (nSPS) is 14.7. The van der Waals surface area contributed by atoms with Gasteiger partial charge in [0.2, 0.25) is 0 Å². The second kappa shape index (κ2) is 9.96. The zero-order chi connectivity index (χ0) is 21.8. The summed E-state index contributed by atoms with van der Waals surface area (Å²) in [7, 11) is 0. The van der Waals surface area contributed by atoms with E-state index in [1.54, 1.807) is 6.21 Å². The monoisotopic (exact) mass is 589 g/mol. The third-order valence-corrected chi connectivity index (χ3v) is 6.73. The molecule has 0 atom stereocenters. The first-order chi connectivity index (χ1) is 15.1. The lowest BCUT2D eigenvalue weighted by Crippen LogP contribution is -2.25. The summed E-state index contributed by atoms with van der Waals surface area (Å²) in [5, 5.41) is 5.14. The van der Waals surface area contributed by atoms with Crippen LogP contribution in [0, 0.1) is 15.9 Å². The number of ether oxygens (including phenoxy) is 1. The zero-order valence-electron chi connectivity index (χ0n) is 16.9. The van der Waals surface area contributed by atoms with Crippen LogP contribution >= 0.6 is 38.5 Å². The van der Waals surface area contributed by atoms with Crippen LogP contribution in [0.25, 0.3) is 10.9 Å². The van der Waals surface area contributed by atoms with Crippen molar-refractivity contribution in [2.75, 3.05) is 6.61 Å². The van der Waals surface area contributed by atoms with E-state index >= 15 is 0 Å². The molecule has 1 fully saturated rings. The van der Waals surface area contributed by atoms with E-state index in [0.717, 1.165) is 50.9 Å². The summed E-state index contributed by atoms with van der Waals surface area (Å²) < 4.78 is 8.78. The number of aromatic nitrogens is 2. The van der Waals surface area contributed by atoms with Crippen molar-refractivity contribution in [2.24, 2.45) is 5.10 Å². The molecule has 0 radical (unpaired) electrons. The summed E-state index contributed by atoms with van der Waals surface area (Å²) in [4.78, 5) is 18.2. The van der Waals surface area contributed by atoms with Crippen molar-refractivity contribution in [1.29, 1.82) is 0 Å². The van der Waals surface area contributed by atoms with E-state index < -0.39 is 0 Å². The van der Waals surface area contributed by atoms with Gasteiger partial charge in [0.25, 0.3) is 5.56 Å². The molecule has 3 aromatic rings. The smallest absolute Gasteiger partial charge is 0.282 e. The van der Waals surface area contributed by atoms with Crippen LogP contribution in [-0.2, 0) is 0 Å². The van der Waals surface area contributed by atoms with Gasteiger partial charge in [0.05, 0.1) is 20.7 Å². The van der Waals surface area contributed by atoms with Gasteiger partial charge in [0.15, 0.2) is 0 Å². The van der Waals surface area contributed by atoms with Gasteiger partial charge >= 0.3 is 0 Å². The molecule has 1 aliphatic carbocycles. The van der Waals surface area contributed by atoms with Gasteiger partial charge in [-0.05, 0) is 77.4 Å². The fourth-order valence-corrected chi connectivity index (χ4v) is 4.92. The molecule has 31 heavy (non-hydrogen) atoms. The minimum atomic E-state index is -0.146. The molecule has 2 aromatic carbocycles. The van der Waals surface area contributed by atoms with Crippen LogP contribution in [0.15, 0.2) is 50.8 Å². The maximum Gasteiger partial charge on any atom is 0.282 e. The van der Waals surface area contributed by atoms with Crippen LogP contribution in [0.4, 0.5) is 0 Å². The van der Waals surface area contributed by atoms with E-state index in [1.807, 2.05) is 36.4 Å². The highest BCUT2D eigenvalue weighted by Crippen LogP contribution is 2.32. The number of fused-ring (bicyclic) bond motifs is 1. The Morgan fingerprint density at radius 3 is 2.81 bits per heavy atom. The van der Waals surface area contributed by atoms with Crippen molar-refractivity contribution >= 4 is 55.6 Å². The molecular weight excluding hydrogens is 569 g/mol. The summed E-state index contributed by atoms with van der Waals surface area (Å²) in [6, 6.07) is 11.3. The summed E-state index contributed by atoms with van der Waals surface area (Å²) in [6.45, 7) is 0.224. The quantitative estimate of drug-likeness (QED) is 0.218. The van der Waals surface area contributed by atoms with Crippen molar-refractivity contribution in [3.8, 4) is 18.1 Å². The Morgan fingerprint density at radius 2 is 2.06 bits per heavy atom. The summed E-state index contributed by atoms with van der Waals surface area (Å²) >= 11 is 5.66. The third kappa shape index (κ3) is 5.01. The number of rotatable bonds is 5. The second-order valence-electron chi connectivity index (χ2n) is 7.51. The summed E-state index contributed by atoms with van der Waals surface area (Å²) in [6.07, 6.45) is 12.6. The summed E-state index contributed by atoms with van der Waals surface area (Å²) in [5.74, 6) is 4.19. The van der Waals surface area contributed by atoms with Crippen LogP contribution < -0.4 is 10.3 Å². The number of nitrogens with zero attached hydrogens (tertiary/aromatic N) is 3. The van der Waals surface area contributed by atoms with Crippen LogP contribution in [0.3, 0.4) is 0 Å². The standard InChI is InChI=1S/C24H21BrIN3O2/c1-2-12-31-22-11-8-16(13-20(22)26)15-27-29-23(17-6-4-3-5-7-17)28-21-10-9-18(25)14-19(21)24(29)30/h1,8-11,13-15,17H,3-7,12H2. The van der Waals surface area contributed by atoms with E-state index in [2.05, 4.69) is 49.5 Å². The highest BCUT2D eigenvalue weighted by atomic mass is 127. The molecule has 7 heteroatoms. The Balaban J connectivity index is 1.76. The first-order valence-corrected chi connectivity index (χ1v) is 12.1. The number of benzene rings is 2. The lowest BCUT2D eigenvalue weighted by atomic mass is 9.88. The molecular formula is C24H21BrIN3O2. The molecule has 5 nitrogen and oxygen atoms in total. The van der Waals surface area contributed by atoms with Gasteiger partial charge in [-0.3, -0.25) is 4.79 Å². The van der Waals surface area contributed by atoms with Crippen LogP contribution in [0.2, 0.25) is 0 Å². The lowest BCUT2D eigenvalue weighted by molar-refractivity contribution is 0.368. The van der Waals surface area contributed by atoms with Crippen molar-refractivity contribution in [1.82, 2.24) is 9.66 Å². The molecule has 0 unspecified atom stereocenters. The lowest BCUT2D eigenvalue weighted by Gasteiger charge is -2.22. The second-order valence-corrected chi connectivity index (χ2v) is 9.59. The number of hydrogen-bond acceptors (Lipinski definition) is 4. The molecule has 1 saturated carbocycles. The molecule has 1 aliphatic rings. The molecule has 0 N–H and O–H groups in total. The van der Waals surface area contributed by atoms with Gasteiger partial charge in [-0.25, -0.2) is 4.98 Å². The molecule has 0 amide bonds. The molecule has 0 aliphatic heterocycles. The fourth-order valence-electron chi connectivity index (χ4n) is 3.86. The number of halogens is 2. The van der Waals surface area contributed by atoms with Crippen molar-refractivity contribution in [3.63, 3.8) is 0 Å². The predicted molar refractivity (Wildman–Crippen MR) is 136 cm³/mol. The largest absolute Gasteiger partial charge is 0.480 e. The highest BCUT2D eigenvalue weighted by molar-refractivity contribution is 14.1. The van der Waals surface area contributed by atoms with Crippen molar-refractivity contribution in [3.05, 3.63) is 66.2 Å². The Labute approximate surface area is 203 Å². The van der Waals surface area contributed by atoms with E-state index in [0.29, 0.717) is 10.9 Å². The molecule has 0 bridgehead atoms. The predicted octanol–water partition coefficient (Wildman–Crippen LogP) is 5.71. The van der Waals surface area contributed by atoms with Gasteiger partial charge in [-0.15, -0.1) is 6.42 Å². The third-order valence-electron chi connectivity index (χ3n) is 5.39. The average Bonchev–Trinajstić information content (AvgIpc) is 2.78. The molecule has 1 aromatic heterocycles.